The van der Waals surface area contributed by atoms with Crippen molar-refractivity contribution in [1.82, 2.24) is 5.32 Å². The maximum absolute atomic E-state index is 11.4. The minimum Gasteiger partial charge on any atom is -0.461 e. The lowest BCUT2D eigenvalue weighted by molar-refractivity contribution is -0.144. The average Bonchev–Trinajstić information content (AvgIpc) is 2.42. The van der Waals surface area contributed by atoms with Crippen LogP contribution in [0.25, 0.3) is 0 Å². The highest BCUT2D eigenvalue weighted by molar-refractivity contribution is 5.69. The Balaban J connectivity index is 1.88. The van der Waals surface area contributed by atoms with Gasteiger partial charge in [0.25, 0.3) is 0 Å². The largest absolute Gasteiger partial charge is 0.461 e. The summed E-state index contributed by atoms with van der Waals surface area (Å²) in [7, 11) is 1.83. The van der Waals surface area contributed by atoms with Gasteiger partial charge in [-0.3, -0.25) is 4.79 Å². The molecule has 0 fully saturated rings. The van der Waals surface area contributed by atoms with Gasteiger partial charge in [-0.05, 0) is 49.4 Å². The standard InChI is InChI=1S/C15H21NO2/c1-16-9-8-15(17)18-11-12-6-7-13-4-2-3-5-14(13)10-12/h6-7,10,16H,2-5,8-9,11H2,1H3. The van der Waals surface area contributed by atoms with E-state index in [9.17, 15) is 4.79 Å². The van der Waals surface area contributed by atoms with Gasteiger partial charge in [0.1, 0.15) is 6.61 Å². The molecule has 1 aliphatic rings. The summed E-state index contributed by atoms with van der Waals surface area (Å²) in [6.45, 7) is 1.07. The number of rotatable bonds is 5. The zero-order chi connectivity index (χ0) is 12.8. The van der Waals surface area contributed by atoms with E-state index >= 15 is 0 Å². The maximum Gasteiger partial charge on any atom is 0.307 e. The van der Waals surface area contributed by atoms with Crippen LogP contribution in [0.1, 0.15) is 36.0 Å². The Bertz CT molecular complexity index is 415. The minimum absolute atomic E-state index is 0.137. The molecule has 1 aromatic carbocycles. The molecule has 0 spiro atoms. The van der Waals surface area contributed by atoms with Crippen molar-refractivity contribution in [2.24, 2.45) is 0 Å². The SMILES string of the molecule is CNCCC(=O)OCc1ccc2c(c1)CCCC2. The molecule has 1 aromatic rings. The molecule has 1 aliphatic carbocycles. The second kappa shape index (κ2) is 6.55. The van der Waals surface area contributed by atoms with Crippen LogP contribution in [0.5, 0.6) is 0 Å². The van der Waals surface area contributed by atoms with Gasteiger partial charge in [-0.15, -0.1) is 0 Å². The molecule has 0 saturated carbocycles. The van der Waals surface area contributed by atoms with Crippen molar-refractivity contribution in [1.29, 1.82) is 0 Å². The molecule has 0 bridgehead atoms. The third kappa shape index (κ3) is 3.57. The third-order valence-corrected chi connectivity index (χ3v) is 3.39. The molecule has 0 radical (unpaired) electrons. The van der Waals surface area contributed by atoms with Crippen molar-refractivity contribution in [2.45, 2.75) is 38.7 Å². The summed E-state index contributed by atoms with van der Waals surface area (Å²) in [6.07, 6.45) is 5.36. The predicted molar refractivity (Wildman–Crippen MR) is 71.4 cm³/mol. The zero-order valence-corrected chi connectivity index (χ0v) is 11.0. The molecule has 3 nitrogen and oxygen atoms in total. The highest BCUT2D eigenvalue weighted by Gasteiger charge is 2.10. The smallest absolute Gasteiger partial charge is 0.307 e. The number of nitrogens with one attached hydrogen (secondary N) is 1. The van der Waals surface area contributed by atoms with Crippen LogP contribution < -0.4 is 5.32 Å². The molecule has 18 heavy (non-hydrogen) atoms. The van der Waals surface area contributed by atoms with Crippen molar-refractivity contribution >= 4 is 5.97 Å². The molecular weight excluding hydrogens is 226 g/mol. The van der Waals surface area contributed by atoms with Crippen molar-refractivity contribution in [3.05, 3.63) is 34.9 Å². The fraction of sp³-hybridized carbons (Fsp3) is 0.533. The maximum atomic E-state index is 11.4. The normalized spacial score (nSPS) is 14.1. The summed E-state index contributed by atoms with van der Waals surface area (Å²) in [6, 6.07) is 6.46. The number of carbonyl (C=O) groups is 1. The number of esters is 1. The Morgan fingerprint density at radius 3 is 2.83 bits per heavy atom. The average molecular weight is 247 g/mol. The number of fused-ring (bicyclic) bond motifs is 1. The first-order chi connectivity index (χ1) is 8.79. The van der Waals surface area contributed by atoms with Gasteiger partial charge in [-0.2, -0.15) is 0 Å². The highest BCUT2D eigenvalue weighted by atomic mass is 16.5. The molecule has 0 atom stereocenters. The lowest BCUT2D eigenvalue weighted by Gasteiger charge is -2.16. The highest BCUT2D eigenvalue weighted by Crippen LogP contribution is 2.22. The van der Waals surface area contributed by atoms with Crippen LogP contribution in [0.3, 0.4) is 0 Å². The number of benzene rings is 1. The first-order valence-corrected chi connectivity index (χ1v) is 6.70. The fourth-order valence-electron chi connectivity index (χ4n) is 2.34. The first kappa shape index (κ1) is 13.1. The van der Waals surface area contributed by atoms with Gasteiger partial charge in [-0.25, -0.2) is 0 Å². The second-order valence-corrected chi connectivity index (χ2v) is 4.82. The molecule has 0 aromatic heterocycles. The molecule has 0 amide bonds. The minimum atomic E-state index is -0.137. The van der Waals surface area contributed by atoms with E-state index in [1.807, 2.05) is 7.05 Å². The Morgan fingerprint density at radius 2 is 2.06 bits per heavy atom. The molecule has 2 rings (SSSR count). The van der Waals surface area contributed by atoms with Crippen molar-refractivity contribution in [3.8, 4) is 0 Å². The third-order valence-electron chi connectivity index (χ3n) is 3.39. The number of ether oxygens (including phenoxy) is 1. The molecule has 0 unspecified atom stereocenters. The Hall–Kier alpha value is -1.35. The van der Waals surface area contributed by atoms with Crippen LogP contribution in [0.15, 0.2) is 18.2 Å². The molecule has 3 heteroatoms. The van der Waals surface area contributed by atoms with Gasteiger partial charge in [0, 0.05) is 6.54 Å². The Kier molecular flexibility index (Phi) is 4.76. The van der Waals surface area contributed by atoms with E-state index in [2.05, 4.69) is 23.5 Å². The number of hydrogen-bond acceptors (Lipinski definition) is 3. The van der Waals surface area contributed by atoms with E-state index in [1.165, 1.54) is 30.4 Å². The monoisotopic (exact) mass is 247 g/mol. The van der Waals surface area contributed by atoms with Crippen LogP contribution in [0, 0.1) is 0 Å². The number of hydrogen-bond donors (Lipinski definition) is 1. The zero-order valence-electron chi connectivity index (χ0n) is 11.0. The predicted octanol–water partition coefficient (Wildman–Crippen LogP) is 2.22. The van der Waals surface area contributed by atoms with Gasteiger partial charge in [0.15, 0.2) is 0 Å². The van der Waals surface area contributed by atoms with E-state index in [0.29, 0.717) is 19.6 Å². The van der Waals surface area contributed by atoms with Crippen LogP contribution in [-0.4, -0.2) is 19.6 Å². The van der Waals surface area contributed by atoms with Crippen molar-refractivity contribution < 1.29 is 9.53 Å². The topological polar surface area (TPSA) is 38.3 Å². The first-order valence-electron chi connectivity index (χ1n) is 6.70. The van der Waals surface area contributed by atoms with Crippen LogP contribution in [0.4, 0.5) is 0 Å². The molecule has 0 saturated heterocycles. The fourth-order valence-corrected chi connectivity index (χ4v) is 2.34. The van der Waals surface area contributed by atoms with E-state index in [4.69, 9.17) is 4.74 Å². The quantitative estimate of drug-likeness (QED) is 0.811. The Morgan fingerprint density at radius 1 is 1.28 bits per heavy atom. The Labute approximate surface area is 109 Å². The van der Waals surface area contributed by atoms with Gasteiger partial charge in [-0.1, -0.05) is 18.2 Å². The van der Waals surface area contributed by atoms with Gasteiger partial charge in [0.2, 0.25) is 0 Å². The summed E-state index contributed by atoms with van der Waals surface area (Å²) in [4.78, 5) is 11.4. The van der Waals surface area contributed by atoms with Crippen molar-refractivity contribution in [2.75, 3.05) is 13.6 Å². The van der Waals surface area contributed by atoms with Gasteiger partial charge >= 0.3 is 5.97 Å². The molecule has 1 N–H and O–H groups in total. The lowest BCUT2D eigenvalue weighted by Crippen LogP contribution is -2.15. The van der Waals surface area contributed by atoms with Crippen LogP contribution in [-0.2, 0) is 29.0 Å². The summed E-state index contributed by atoms with van der Waals surface area (Å²) in [5, 5.41) is 2.94. The molecular formula is C15H21NO2. The summed E-state index contributed by atoms with van der Waals surface area (Å²) >= 11 is 0. The summed E-state index contributed by atoms with van der Waals surface area (Å²) < 4.78 is 5.24. The molecule has 0 heterocycles. The van der Waals surface area contributed by atoms with Gasteiger partial charge in [0.05, 0.1) is 6.42 Å². The van der Waals surface area contributed by atoms with E-state index in [0.717, 1.165) is 12.0 Å². The van der Waals surface area contributed by atoms with E-state index in [-0.39, 0.29) is 5.97 Å². The summed E-state index contributed by atoms with van der Waals surface area (Å²) in [5.74, 6) is -0.137. The number of aryl methyl sites for hydroxylation is 2. The number of carbonyl (C=O) groups excluding carboxylic acids is 1. The van der Waals surface area contributed by atoms with E-state index in [1.54, 1.807) is 0 Å². The van der Waals surface area contributed by atoms with Crippen molar-refractivity contribution in [3.63, 3.8) is 0 Å². The van der Waals surface area contributed by atoms with Crippen LogP contribution in [0.2, 0.25) is 0 Å². The lowest BCUT2D eigenvalue weighted by atomic mass is 9.90. The molecule has 98 valence electrons. The summed E-state index contributed by atoms with van der Waals surface area (Å²) in [5.41, 5.74) is 4.00. The van der Waals surface area contributed by atoms with Crippen LogP contribution >= 0.6 is 0 Å². The van der Waals surface area contributed by atoms with E-state index < -0.39 is 0 Å². The van der Waals surface area contributed by atoms with Gasteiger partial charge < -0.3 is 10.1 Å². The second-order valence-electron chi connectivity index (χ2n) is 4.82. The molecule has 0 aliphatic heterocycles.